The number of fused-ring (bicyclic) bond motifs is 2. The highest BCUT2D eigenvalue weighted by atomic mass is 16.3. The average molecular weight is 367 g/mol. The van der Waals surface area contributed by atoms with E-state index >= 15 is 0 Å². The van der Waals surface area contributed by atoms with Crippen LogP contribution in [0, 0.1) is 0 Å². The summed E-state index contributed by atoms with van der Waals surface area (Å²) in [5, 5.41) is 12.7. The van der Waals surface area contributed by atoms with Gasteiger partial charge in [-0.25, -0.2) is 0 Å². The molecule has 27 heavy (non-hydrogen) atoms. The van der Waals surface area contributed by atoms with Crippen molar-refractivity contribution in [3.8, 4) is 0 Å². The van der Waals surface area contributed by atoms with Crippen LogP contribution in [0.4, 0.5) is 11.4 Å². The molecule has 4 nitrogen and oxygen atoms in total. The van der Waals surface area contributed by atoms with Gasteiger partial charge in [-0.05, 0) is 36.8 Å². The smallest absolute Gasteiger partial charge is 0.215 e. The molecule has 4 heteroatoms. The summed E-state index contributed by atoms with van der Waals surface area (Å²) in [5.74, 6) is 0. The van der Waals surface area contributed by atoms with Crippen molar-refractivity contribution in [1.29, 1.82) is 0 Å². The van der Waals surface area contributed by atoms with Crippen molar-refractivity contribution in [2.45, 2.75) is 32.2 Å². The van der Waals surface area contributed by atoms with Crippen molar-refractivity contribution in [1.82, 2.24) is 0 Å². The predicted molar refractivity (Wildman–Crippen MR) is 116 cm³/mol. The fraction of sp³-hybridized carbons (Fsp3) is 0.435. The first-order chi connectivity index (χ1) is 13.0. The van der Waals surface area contributed by atoms with Crippen LogP contribution in [0.5, 0.6) is 0 Å². The minimum atomic E-state index is 0.0750. The van der Waals surface area contributed by atoms with Gasteiger partial charge in [0.05, 0.1) is 0 Å². The average Bonchev–Trinajstić information content (AvgIpc) is 2.66. The first kappa shape index (κ1) is 19.4. The predicted octanol–water partition coefficient (Wildman–Crippen LogP) is 4.14. The third kappa shape index (κ3) is 3.86. The second-order valence-electron chi connectivity index (χ2n) is 7.77. The Morgan fingerprint density at radius 1 is 0.852 bits per heavy atom. The van der Waals surface area contributed by atoms with Gasteiger partial charge in [-0.15, -0.1) is 0 Å². The fourth-order valence-corrected chi connectivity index (χ4v) is 3.71. The highest BCUT2D eigenvalue weighted by Gasteiger charge is 2.25. The lowest BCUT2D eigenvalue weighted by atomic mass is 10.0. The molecule has 0 radical (unpaired) electrons. The topological polar surface area (TPSA) is 30.6 Å². The van der Waals surface area contributed by atoms with Crippen molar-refractivity contribution < 1.29 is 9.67 Å². The number of hydrogen-bond acceptors (Lipinski definition) is 3. The Labute approximate surface area is 162 Å². The lowest BCUT2D eigenvalue weighted by Gasteiger charge is -2.18. The lowest BCUT2D eigenvalue weighted by Crippen LogP contribution is -2.43. The largest absolute Gasteiger partial charge is 0.389 e. The molecular weight excluding hydrogens is 334 g/mol. The zero-order valence-corrected chi connectivity index (χ0v) is 17.2. The molecule has 0 saturated carbocycles. The van der Waals surface area contributed by atoms with Crippen LogP contribution in [-0.4, -0.2) is 39.9 Å². The van der Waals surface area contributed by atoms with Crippen LogP contribution in [0.1, 0.15) is 32.2 Å². The highest BCUT2D eigenvalue weighted by molar-refractivity contribution is 5.91. The molecule has 1 unspecified atom stereocenters. The Bertz CT molecular complexity index is 868. The molecule has 1 heterocycles. The van der Waals surface area contributed by atoms with E-state index in [2.05, 4.69) is 91.9 Å². The number of anilines is 2. The van der Waals surface area contributed by atoms with Crippen LogP contribution in [0.15, 0.2) is 42.5 Å². The molecule has 0 aliphatic carbocycles. The summed E-state index contributed by atoms with van der Waals surface area (Å²) >= 11 is 0. The number of aromatic nitrogens is 1. The Morgan fingerprint density at radius 3 is 1.78 bits per heavy atom. The number of benzene rings is 2. The molecule has 0 bridgehead atoms. The first-order valence-electron chi connectivity index (χ1n) is 9.83. The minimum absolute atomic E-state index is 0.0750. The molecule has 0 amide bonds. The van der Waals surface area contributed by atoms with Gasteiger partial charge in [-0.3, -0.25) is 0 Å². The van der Waals surface area contributed by atoms with E-state index in [1.807, 2.05) is 0 Å². The molecule has 144 valence electrons. The van der Waals surface area contributed by atoms with E-state index in [1.165, 1.54) is 33.2 Å². The van der Waals surface area contributed by atoms with E-state index in [-0.39, 0.29) is 12.6 Å². The minimum Gasteiger partial charge on any atom is -0.389 e. The van der Waals surface area contributed by atoms with Gasteiger partial charge in [0.2, 0.25) is 11.0 Å². The van der Waals surface area contributed by atoms with E-state index in [0.29, 0.717) is 0 Å². The van der Waals surface area contributed by atoms with Gasteiger partial charge in [0.1, 0.15) is 6.61 Å². The summed E-state index contributed by atoms with van der Waals surface area (Å²) in [6, 6.07) is 15.5. The number of aliphatic hydroxyl groups is 1. The fourth-order valence-electron chi connectivity index (χ4n) is 3.71. The second kappa shape index (κ2) is 8.13. The van der Waals surface area contributed by atoms with Gasteiger partial charge >= 0.3 is 0 Å². The van der Waals surface area contributed by atoms with Crippen LogP contribution < -0.4 is 14.4 Å². The highest BCUT2D eigenvalue weighted by Crippen LogP contribution is 2.27. The van der Waals surface area contributed by atoms with Crippen molar-refractivity contribution >= 4 is 33.2 Å². The van der Waals surface area contributed by atoms with Crippen LogP contribution in [-0.2, 0) is 0 Å². The van der Waals surface area contributed by atoms with Crippen LogP contribution in [0.25, 0.3) is 21.8 Å². The zero-order chi connectivity index (χ0) is 19.6. The molecule has 3 rings (SSSR count). The van der Waals surface area contributed by atoms with Gasteiger partial charge in [0.15, 0.2) is 6.04 Å². The molecule has 0 aliphatic rings. The van der Waals surface area contributed by atoms with E-state index in [1.54, 1.807) is 0 Å². The van der Waals surface area contributed by atoms with E-state index in [9.17, 15) is 5.11 Å². The van der Waals surface area contributed by atoms with E-state index in [4.69, 9.17) is 0 Å². The van der Waals surface area contributed by atoms with Crippen LogP contribution in [0.3, 0.4) is 0 Å². The first-order valence-corrected chi connectivity index (χ1v) is 9.83. The summed E-state index contributed by atoms with van der Waals surface area (Å²) in [4.78, 5) is 4.26. The lowest BCUT2D eigenvalue weighted by molar-refractivity contribution is -0.676. The molecule has 2 aromatic carbocycles. The summed E-state index contributed by atoms with van der Waals surface area (Å²) < 4.78 is 2.36. The molecule has 0 aliphatic heterocycles. The summed E-state index contributed by atoms with van der Waals surface area (Å²) in [5.41, 5.74) is 4.71. The maximum absolute atomic E-state index is 10.2. The summed E-state index contributed by atoms with van der Waals surface area (Å²) in [7, 11) is 8.27. The van der Waals surface area contributed by atoms with Gasteiger partial charge in [-0.2, -0.15) is 4.57 Å². The summed E-state index contributed by atoms with van der Waals surface area (Å²) in [6.45, 7) is 2.35. The van der Waals surface area contributed by atoms with Crippen molar-refractivity contribution in [3.63, 3.8) is 0 Å². The Morgan fingerprint density at radius 2 is 1.37 bits per heavy atom. The molecule has 1 atom stereocenters. The van der Waals surface area contributed by atoms with Crippen LogP contribution >= 0.6 is 0 Å². The number of rotatable bonds is 7. The number of nitrogens with zero attached hydrogens (tertiary/aromatic N) is 3. The number of unbranched alkanes of at least 4 members (excludes halogenated alkanes) is 1. The third-order valence-electron chi connectivity index (χ3n) is 5.36. The molecule has 3 aromatic rings. The molecule has 0 fully saturated rings. The number of aliphatic hydroxyl groups excluding tert-OH is 1. The van der Waals surface area contributed by atoms with E-state index in [0.717, 1.165) is 19.3 Å². The SMILES string of the molecule is CCCCC(CO)[n+]1c2cc(N(C)C)ccc2cc2ccc(N(C)C)cc21. The van der Waals surface area contributed by atoms with Gasteiger partial charge in [0.25, 0.3) is 0 Å². The molecule has 1 aromatic heterocycles. The van der Waals surface area contributed by atoms with Crippen LogP contribution in [0.2, 0.25) is 0 Å². The molecule has 0 saturated heterocycles. The molecule has 1 N–H and O–H groups in total. The van der Waals surface area contributed by atoms with E-state index < -0.39 is 0 Å². The quantitative estimate of drug-likeness (QED) is 0.504. The standard InChI is InChI=1S/C23H32N3O/c1-6-7-8-21(16-27)26-22-14-19(24(2)3)11-9-17(22)13-18-10-12-20(25(4)5)15-23(18)26/h9-15,21,27H,6-8,16H2,1-5H3/q+1. The normalized spacial score (nSPS) is 12.5. The monoisotopic (exact) mass is 366 g/mol. The van der Waals surface area contributed by atoms with Gasteiger partial charge < -0.3 is 14.9 Å². The Balaban J connectivity index is 2.35. The van der Waals surface area contributed by atoms with Gasteiger partial charge in [-0.1, -0.05) is 13.3 Å². The molecule has 0 spiro atoms. The Hall–Kier alpha value is -2.33. The zero-order valence-electron chi connectivity index (χ0n) is 17.2. The second-order valence-corrected chi connectivity index (χ2v) is 7.77. The maximum atomic E-state index is 10.2. The van der Waals surface area contributed by atoms with Crippen molar-refractivity contribution in [2.24, 2.45) is 0 Å². The Kier molecular flexibility index (Phi) is 5.85. The number of hydrogen-bond donors (Lipinski definition) is 1. The van der Waals surface area contributed by atoms with Crippen molar-refractivity contribution in [2.75, 3.05) is 44.6 Å². The summed E-state index contributed by atoms with van der Waals surface area (Å²) in [6.07, 6.45) is 3.22. The third-order valence-corrected chi connectivity index (χ3v) is 5.36. The molecular formula is C23H32N3O+. The van der Waals surface area contributed by atoms with Gasteiger partial charge in [0, 0.05) is 68.9 Å². The maximum Gasteiger partial charge on any atom is 0.215 e. The van der Waals surface area contributed by atoms with Crippen molar-refractivity contribution in [3.05, 3.63) is 42.5 Å². The number of pyridine rings is 1.